The quantitative estimate of drug-likeness (QED) is 0.0197. The number of carbonyl (C=O) groups excluding carboxylic acids is 3. The van der Waals surface area contributed by atoms with Crippen LogP contribution in [-0.4, -0.2) is 66.5 Å². The van der Waals surface area contributed by atoms with Crippen LogP contribution in [0, 0.1) is 0 Å². The van der Waals surface area contributed by atoms with Crippen LogP contribution in [0.5, 0.6) is 0 Å². The predicted octanol–water partition coefficient (Wildman–Crippen LogP) is 14.0. The van der Waals surface area contributed by atoms with Crippen LogP contribution in [0.25, 0.3) is 0 Å². The maximum Gasteiger partial charge on any atom is 0.472 e. The molecule has 3 unspecified atom stereocenters. The summed E-state index contributed by atoms with van der Waals surface area (Å²) < 4.78 is 39.2. The van der Waals surface area contributed by atoms with E-state index < -0.39 is 57.8 Å². The molecule has 0 fully saturated rings. The van der Waals surface area contributed by atoms with Gasteiger partial charge in [0.1, 0.15) is 12.7 Å². The molecule has 0 saturated carbocycles. The highest BCUT2D eigenvalue weighted by atomic mass is 31.2. The number of aliphatic hydroxyl groups is 1. The molecule has 12 heteroatoms. The van der Waals surface area contributed by atoms with Crippen LogP contribution in [0.4, 0.5) is 0 Å². The van der Waals surface area contributed by atoms with E-state index in [1.54, 1.807) is 0 Å². The summed E-state index contributed by atoms with van der Waals surface area (Å²) in [5.41, 5.74) is 0. The first-order valence-electron chi connectivity index (χ1n) is 25.2. The fraction of sp³-hybridized carbons (Fsp3) is 0.750. The zero-order valence-corrected chi connectivity index (χ0v) is 41.4. The molecule has 64 heavy (non-hydrogen) atoms. The second-order valence-corrected chi connectivity index (χ2v) is 18.1. The summed E-state index contributed by atoms with van der Waals surface area (Å²) in [6, 6.07) is 0. The van der Waals surface area contributed by atoms with Gasteiger partial charge in [-0.25, -0.2) is 4.57 Å². The van der Waals surface area contributed by atoms with Crippen molar-refractivity contribution in [1.29, 1.82) is 0 Å². The number of phosphoric ester groups is 1. The molecule has 2 N–H and O–H groups in total. The van der Waals surface area contributed by atoms with Crippen molar-refractivity contribution in [2.45, 2.75) is 226 Å². The van der Waals surface area contributed by atoms with Gasteiger partial charge in [-0.2, -0.15) is 0 Å². The van der Waals surface area contributed by atoms with Crippen molar-refractivity contribution in [3.8, 4) is 0 Å². The summed E-state index contributed by atoms with van der Waals surface area (Å²) in [5, 5.41) is 9.73. The normalized spacial score (nSPS) is 14.0. The van der Waals surface area contributed by atoms with Gasteiger partial charge in [-0.15, -0.1) is 0 Å². The number of hydrogen-bond acceptors (Lipinski definition) is 10. The van der Waals surface area contributed by atoms with Crippen molar-refractivity contribution in [3.05, 3.63) is 60.8 Å². The SMILES string of the molecule is CC/C=C\C/C=C\C/C=C\C/C=C\CCC(=O)OCC(COP(=O)(O)OCC(CO)OC(=O)CCCCCCCCCCC)OC(=O)CCCCCCC/C=C\CCCCCCCC. The molecule has 0 aliphatic carbocycles. The zero-order chi connectivity index (χ0) is 47.0. The average Bonchev–Trinajstić information content (AvgIpc) is 3.28. The first-order valence-corrected chi connectivity index (χ1v) is 26.7. The molecular weight excluding hydrogens is 832 g/mol. The molecule has 0 aliphatic heterocycles. The van der Waals surface area contributed by atoms with Gasteiger partial charge in [-0.3, -0.25) is 23.4 Å². The minimum atomic E-state index is -4.75. The lowest BCUT2D eigenvalue weighted by Crippen LogP contribution is -2.30. The van der Waals surface area contributed by atoms with E-state index in [0.717, 1.165) is 83.5 Å². The third-order valence-electron chi connectivity index (χ3n) is 10.4. The number of ether oxygens (including phenoxy) is 3. The highest BCUT2D eigenvalue weighted by molar-refractivity contribution is 7.47. The van der Waals surface area contributed by atoms with Crippen molar-refractivity contribution < 1.29 is 52.2 Å². The fourth-order valence-corrected chi connectivity index (χ4v) is 7.38. The van der Waals surface area contributed by atoms with Crippen LogP contribution in [0.15, 0.2) is 60.8 Å². The Bertz CT molecular complexity index is 1310. The Morgan fingerprint density at radius 3 is 1.31 bits per heavy atom. The third-order valence-corrected chi connectivity index (χ3v) is 11.4. The number of rotatable bonds is 46. The van der Waals surface area contributed by atoms with E-state index in [4.69, 9.17) is 23.3 Å². The van der Waals surface area contributed by atoms with Crippen LogP contribution in [0.1, 0.15) is 213 Å². The van der Waals surface area contributed by atoms with Gasteiger partial charge in [-0.05, 0) is 70.6 Å². The predicted molar refractivity (Wildman–Crippen MR) is 261 cm³/mol. The largest absolute Gasteiger partial charge is 0.472 e. The molecule has 11 nitrogen and oxygen atoms in total. The van der Waals surface area contributed by atoms with Crippen LogP contribution in [-0.2, 0) is 42.2 Å². The van der Waals surface area contributed by atoms with E-state index in [-0.39, 0.29) is 25.9 Å². The Balaban J connectivity index is 4.85. The number of phosphoric acid groups is 1. The minimum Gasteiger partial charge on any atom is -0.462 e. The lowest BCUT2D eigenvalue weighted by molar-refractivity contribution is -0.161. The Morgan fingerprint density at radius 2 is 0.844 bits per heavy atom. The molecule has 0 aliphatic rings. The fourth-order valence-electron chi connectivity index (χ4n) is 6.60. The Morgan fingerprint density at radius 1 is 0.453 bits per heavy atom. The van der Waals surface area contributed by atoms with Crippen LogP contribution >= 0.6 is 7.82 Å². The molecule has 0 amide bonds. The van der Waals surface area contributed by atoms with E-state index in [2.05, 4.69) is 69.4 Å². The first kappa shape index (κ1) is 61.2. The van der Waals surface area contributed by atoms with Crippen molar-refractivity contribution >= 4 is 25.7 Å². The summed E-state index contributed by atoms with van der Waals surface area (Å²) >= 11 is 0. The Hall–Kier alpha value is -2.82. The first-order chi connectivity index (χ1) is 31.2. The highest BCUT2D eigenvalue weighted by Crippen LogP contribution is 2.43. The minimum absolute atomic E-state index is 0.104. The van der Waals surface area contributed by atoms with Gasteiger partial charge < -0.3 is 24.2 Å². The second kappa shape index (κ2) is 46.7. The number of allylic oxidation sites excluding steroid dienone is 10. The van der Waals surface area contributed by atoms with Crippen molar-refractivity contribution in [2.75, 3.05) is 26.4 Å². The molecule has 3 atom stereocenters. The highest BCUT2D eigenvalue weighted by Gasteiger charge is 2.28. The van der Waals surface area contributed by atoms with Gasteiger partial charge in [0.15, 0.2) is 6.10 Å². The van der Waals surface area contributed by atoms with E-state index in [0.29, 0.717) is 19.3 Å². The van der Waals surface area contributed by atoms with Crippen molar-refractivity contribution in [2.24, 2.45) is 0 Å². The summed E-state index contributed by atoms with van der Waals surface area (Å²) in [5.74, 6) is -1.57. The molecule has 0 saturated heterocycles. The second-order valence-electron chi connectivity index (χ2n) is 16.6. The number of hydrogen-bond donors (Lipinski definition) is 2. The molecule has 370 valence electrons. The molecule has 0 aromatic rings. The molecule has 0 heterocycles. The monoisotopic (exact) mass is 923 g/mol. The van der Waals surface area contributed by atoms with Crippen LogP contribution in [0.2, 0.25) is 0 Å². The van der Waals surface area contributed by atoms with Gasteiger partial charge in [0.2, 0.25) is 0 Å². The van der Waals surface area contributed by atoms with E-state index in [9.17, 15) is 28.9 Å². The van der Waals surface area contributed by atoms with Gasteiger partial charge >= 0.3 is 25.7 Å². The number of carbonyl (C=O) groups is 3. The smallest absolute Gasteiger partial charge is 0.462 e. The summed E-state index contributed by atoms with van der Waals surface area (Å²) in [6.07, 6.45) is 47.9. The molecule has 0 radical (unpaired) electrons. The van der Waals surface area contributed by atoms with E-state index in [1.807, 2.05) is 12.2 Å². The number of aliphatic hydroxyl groups excluding tert-OH is 1. The third kappa shape index (κ3) is 44.4. The van der Waals surface area contributed by atoms with Crippen molar-refractivity contribution in [3.63, 3.8) is 0 Å². The summed E-state index contributed by atoms with van der Waals surface area (Å²) in [7, 11) is -4.75. The number of unbranched alkanes of at least 4 members (excludes halogenated alkanes) is 19. The number of esters is 3. The Kier molecular flexibility index (Phi) is 44.6. The maximum absolute atomic E-state index is 12.8. The van der Waals surface area contributed by atoms with Crippen LogP contribution < -0.4 is 0 Å². The lowest BCUT2D eigenvalue weighted by atomic mass is 10.1. The summed E-state index contributed by atoms with van der Waals surface area (Å²) in [6.45, 7) is 4.39. The van der Waals surface area contributed by atoms with E-state index in [1.165, 1.54) is 70.6 Å². The average molecular weight is 923 g/mol. The molecule has 0 aromatic carbocycles. The van der Waals surface area contributed by atoms with Gasteiger partial charge in [0, 0.05) is 19.3 Å². The molecule has 0 spiro atoms. The molecule has 0 aromatic heterocycles. The molecular formula is C52H91O11P. The van der Waals surface area contributed by atoms with Gasteiger partial charge in [0.25, 0.3) is 0 Å². The topological polar surface area (TPSA) is 155 Å². The van der Waals surface area contributed by atoms with E-state index >= 15 is 0 Å². The van der Waals surface area contributed by atoms with Crippen LogP contribution in [0.3, 0.4) is 0 Å². The van der Waals surface area contributed by atoms with Gasteiger partial charge in [0.05, 0.1) is 19.8 Å². The summed E-state index contributed by atoms with van der Waals surface area (Å²) in [4.78, 5) is 48.1. The standard InChI is InChI=1S/C52H91O11P/c1-4-7-10-13-16-19-21-23-24-26-28-31-34-37-40-43-52(56)63-49(45-59-50(54)41-38-35-32-30-27-25-22-20-17-14-11-8-5-2)47-61-64(57,58)60-46-48(44-53)62-51(55)42-39-36-33-29-18-15-12-9-6-3/h8,11,17,20,23-25,27,32,35,48-49,53H,4-7,9-10,12-16,18-19,21-22,26,28-31,33-34,36-47H2,1-3H3,(H,57,58)/b11-8-,20-17-,24-23-,27-25-,35-32-. The molecule has 0 rings (SSSR count). The van der Waals surface area contributed by atoms with Gasteiger partial charge in [-0.1, -0.05) is 184 Å². The zero-order valence-electron chi connectivity index (χ0n) is 40.5. The lowest BCUT2D eigenvalue weighted by Gasteiger charge is -2.21. The molecule has 0 bridgehead atoms. The van der Waals surface area contributed by atoms with Crippen molar-refractivity contribution in [1.82, 2.24) is 0 Å². The Labute approximate surface area is 389 Å². The maximum atomic E-state index is 12.8.